The molecule has 2 rings (SSSR count). The summed E-state index contributed by atoms with van der Waals surface area (Å²) in [7, 11) is 0. The van der Waals surface area contributed by atoms with Crippen molar-refractivity contribution in [2.45, 2.75) is 44.9 Å². The zero-order valence-corrected chi connectivity index (χ0v) is 9.04. The highest BCUT2D eigenvalue weighted by Gasteiger charge is 2.47. The van der Waals surface area contributed by atoms with Crippen LogP contribution in [0.25, 0.3) is 0 Å². The van der Waals surface area contributed by atoms with Crippen LogP contribution < -0.4 is 5.32 Å². The highest BCUT2D eigenvalue weighted by atomic mass is 16.6. The zero-order valence-electron chi connectivity index (χ0n) is 9.04. The molecule has 14 heavy (non-hydrogen) atoms. The molecule has 1 amide bonds. The minimum Gasteiger partial charge on any atom is -0.444 e. The molecule has 0 spiro atoms. The number of amides is 1. The van der Waals surface area contributed by atoms with Crippen LogP contribution in [-0.4, -0.2) is 41.8 Å². The van der Waals surface area contributed by atoms with Crippen LogP contribution in [0.4, 0.5) is 4.79 Å². The maximum atomic E-state index is 11.7. The van der Waals surface area contributed by atoms with Crippen molar-refractivity contribution >= 4 is 6.09 Å². The predicted octanol–water partition coefficient (Wildman–Crippen LogP) is 0.968. The van der Waals surface area contributed by atoms with Crippen LogP contribution in [0.1, 0.15) is 27.2 Å². The molecule has 0 aromatic carbocycles. The van der Waals surface area contributed by atoms with Crippen LogP contribution in [0, 0.1) is 0 Å². The molecule has 0 aromatic heterocycles. The third-order valence-electron chi connectivity index (χ3n) is 2.54. The van der Waals surface area contributed by atoms with Gasteiger partial charge in [-0.05, 0) is 27.2 Å². The highest BCUT2D eigenvalue weighted by Crippen LogP contribution is 2.31. The van der Waals surface area contributed by atoms with E-state index >= 15 is 0 Å². The smallest absolute Gasteiger partial charge is 0.410 e. The van der Waals surface area contributed by atoms with Crippen LogP contribution in [0.3, 0.4) is 0 Å². The van der Waals surface area contributed by atoms with Crippen molar-refractivity contribution < 1.29 is 9.53 Å². The van der Waals surface area contributed by atoms with Crippen molar-refractivity contribution in [1.82, 2.24) is 10.2 Å². The molecule has 0 aromatic rings. The van der Waals surface area contributed by atoms with Gasteiger partial charge in [-0.25, -0.2) is 4.79 Å². The lowest BCUT2D eigenvalue weighted by Gasteiger charge is -2.30. The van der Waals surface area contributed by atoms with E-state index in [9.17, 15) is 4.79 Å². The molecule has 1 N–H and O–H groups in total. The first kappa shape index (κ1) is 9.77. The average Bonchev–Trinajstić information content (AvgIpc) is 2.77. The number of ether oxygens (including phenoxy) is 1. The van der Waals surface area contributed by atoms with Gasteiger partial charge in [0, 0.05) is 19.1 Å². The van der Waals surface area contributed by atoms with Crippen LogP contribution in [-0.2, 0) is 4.74 Å². The number of piperazine rings is 1. The van der Waals surface area contributed by atoms with Gasteiger partial charge in [0.2, 0.25) is 0 Å². The molecule has 1 aliphatic heterocycles. The second-order valence-corrected chi connectivity index (χ2v) is 5.04. The number of carbonyl (C=O) groups is 1. The molecule has 1 aliphatic carbocycles. The Morgan fingerprint density at radius 2 is 2.21 bits per heavy atom. The molecule has 2 aliphatic rings. The lowest BCUT2D eigenvalue weighted by atomic mass is 10.2. The second kappa shape index (κ2) is 3.12. The summed E-state index contributed by atoms with van der Waals surface area (Å²) in [6.45, 7) is 7.36. The molecule has 0 bridgehead atoms. The highest BCUT2D eigenvalue weighted by molar-refractivity contribution is 5.69. The Hall–Kier alpha value is -0.770. The van der Waals surface area contributed by atoms with E-state index in [-0.39, 0.29) is 11.7 Å². The third kappa shape index (κ3) is 2.00. The molecular formula is C10H18N2O2. The number of fused-ring (bicyclic) bond motifs is 1. The maximum Gasteiger partial charge on any atom is 0.410 e. The molecule has 4 heteroatoms. The molecule has 1 saturated carbocycles. The molecule has 1 heterocycles. The molecule has 0 radical (unpaired) electrons. The monoisotopic (exact) mass is 198 g/mol. The van der Waals surface area contributed by atoms with Gasteiger partial charge in [-0.2, -0.15) is 0 Å². The van der Waals surface area contributed by atoms with E-state index in [1.165, 1.54) is 0 Å². The number of carbonyl (C=O) groups excluding carboxylic acids is 1. The number of hydrogen-bond acceptors (Lipinski definition) is 3. The Morgan fingerprint density at radius 3 is 2.86 bits per heavy atom. The Morgan fingerprint density at radius 1 is 1.50 bits per heavy atom. The minimum absolute atomic E-state index is 0.161. The van der Waals surface area contributed by atoms with E-state index in [1.54, 1.807) is 0 Å². The van der Waals surface area contributed by atoms with E-state index in [0.717, 1.165) is 19.5 Å². The number of nitrogens with one attached hydrogen (secondary N) is 1. The molecule has 0 unspecified atom stereocenters. The lowest BCUT2D eigenvalue weighted by Crippen LogP contribution is -2.48. The zero-order chi connectivity index (χ0) is 10.3. The molecule has 80 valence electrons. The van der Waals surface area contributed by atoms with Crippen LogP contribution >= 0.6 is 0 Å². The van der Waals surface area contributed by atoms with Crippen molar-refractivity contribution in [3.05, 3.63) is 0 Å². The number of nitrogens with zero attached hydrogens (tertiary/aromatic N) is 1. The Balaban J connectivity index is 1.91. The molecule has 2 atom stereocenters. The summed E-state index contributed by atoms with van der Waals surface area (Å²) in [5.41, 5.74) is -0.383. The van der Waals surface area contributed by atoms with Gasteiger partial charge in [0.1, 0.15) is 5.60 Å². The van der Waals surface area contributed by atoms with Gasteiger partial charge < -0.3 is 15.0 Å². The second-order valence-electron chi connectivity index (χ2n) is 5.04. The summed E-state index contributed by atoms with van der Waals surface area (Å²) >= 11 is 0. The summed E-state index contributed by atoms with van der Waals surface area (Å²) in [6, 6.07) is 0.912. The third-order valence-corrected chi connectivity index (χ3v) is 2.54. The molecule has 1 saturated heterocycles. The van der Waals surface area contributed by atoms with Gasteiger partial charge in [0.15, 0.2) is 0 Å². The first-order valence-corrected chi connectivity index (χ1v) is 5.20. The van der Waals surface area contributed by atoms with Crippen LogP contribution in [0.15, 0.2) is 0 Å². The van der Waals surface area contributed by atoms with E-state index in [2.05, 4.69) is 5.32 Å². The van der Waals surface area contributed by atoms with Gasteiger partial charge in [0.05, 0.1) is 6.04 Å². The van der Waals surface area contributed by atoms with Gasteiger partial charge in [-0.1, -0.05) is 0 Å². The van der Waals surface area contributed by atoms with Gasteiger partial charge in [-0.3, -0.25) is 0 Å². The van der Waals surface area contributed by atoms with Crippen molar-refractivity contribution in [3.63, 3.8) is 0 Å². The van der Waals surface area contributed by atoms with Gasteiger partial charge >= 0.3 is 6.09 Å². The first-order chi connectivity index (χ1) is 6.47. The van der Waals surface area contributed by atoms with Crippen molar-refractivity contribution in [3.8, 4) is 0 Å². The maximum absolute atomic E-state index is 11.7. The van der Waals surface area contributed by atoms with Crippen LogP contribution in [0.5, 0.6) is 0 Å². The Labute approximate surface area is 84.6 Å². The largest absolute Gasteiger partial charge is 0.444 e. The first-order valence-electron chi connectivity index (χ1n) is 5.20. The van der Waals surface area contributed by atoms with Crippen LogP contribution in [0.2, 0.25) is 0 Å². The topological polar surface area (TPSA) is 41.6 Å². The average molecular weight is 198 g/mol. The molecule has 2 fully saturated rings. The summed E-state index contributed by atoms with van der Waals surface area (Å²) in [6.07, 6.45) is 0.922. The number of hydrogen-bond donors (Lipinski definition) is 1. The van der Waals surface area contributed by atoms with Crippen molar-refractivity contribution in [2.75, 3.05) is 13.1 Å². The van der Waals surface area contributed by atoms with Crippen molar-refractivity contribution in [2.24, 2.45) is 0 Å². The fraction of sp³-hybridized carbons (Fsp3) is 0.900. The summed E-state index contributed by atoms with van der Waals surface area (Å²) in [4.78, 5) is 13.6. The van der Waals surface area contributed by atoms with E-state index < -0.39 is 0 Å². The Bertz CT molecular complexity index is 247. The number of rotatable bonds is 0. The quantitative estimate of drug-likeness (QED) is 0.630. The van der Waals surface area contributed by atoms with Gasteiger partial charge in [-0.15, -0.1) is 0 Å². The lowest BCUT2D eigenvalue weighted by molar-refractivity contribution is 0.0208. The minimum atomic E-state index is -0.383. The SMILES string of the molecule is CC(C)(C)OC(=O)N1CCN[C@@H]2C[C@@H]21. The normalized spacial score (nSPS) is 30.9. The standard InChI is InChI=1S/C10H18N2O2/c1-10(2,3)14-9(13)12-5-4-11-7-6-8(7)12/h7-8,11H,4-6H2,1-3H3/t7-,8+/m1/s1. The fourth-order valence-corrected chi connectivity index (χ4v) is 1.83. The summed E-state index contributed by atoms with van der Waals surface area (Å²) in [5.74, 6) is 0. The van der Waals surface area contributed by atoms with Crippen molar-refractivity contribution in [1.29, 1.82) is 0 Å². The van der Waals surface area contributed by atoms with Gasteiger partial charge in [0.25, 0.3) is 0 Å². The molecule has 4 nitrogen and oxygen atoms in total. The van der Waals surface area contributed by atoms with E-state index in [1.807, 2.05) is 25.7 Å². The Kier molecular flexibility index (Phi) is 2.18. The predicted molar refractivity (Wildman–Crippen MR) is 53.1 cm³/mol. The molecular weight excluding hydrogens is 180 g/mol. The fourth-order valence-electron chi connectivity index (χ4n) is 1.83. The summed E-state index contributed by atoms with van der Waals surface area (Å²) in [5, 5.41) is 3.35. The van der Waals surface area contributed by atoms with E-state index in [0.29, 0.717) is 12.1 Å². The van der Waals surface area contributed by atoms with E-state index in [4.69, 9.17) is 4.74 Å². The summed E-state index contributed by atoms with van der Waals surface area (Å²) < 4.78 is 5.33.